The van der Waals surface area contributed by atoms with Crippen molar-refractivity contribution in [1.82, 2.24) is 0 Å². The Bertz CT molecular complexity index is 302. The first-order valence-electron chi connectivity index (χ1n) is 3.77. The summed E-state index contributed by atoms with van der Waals surface area (Å²) in [6.45, 7) is 1.91. The summed E-state index contributed by atoms with van der Waals surface area (Å²) >= 11 is 0. The standard InChI is InChI=1S/C10H10O2/c1-8-3-2-4-9(7-8)10(12)5-6-11/h2-4,6-7H,5H2,1H3. The molecule has 12 heavy (non-hydrogen) atoms. The van der Waals surface area contributed by atoms with Gasteiger partial charge in [0.05, 0.1) is 6.42 Å². The van der Waals surface area contributed by atoms with Gasteiger partial charge in [-0.2, -0.15) is 0 Å². The highest BCUT2D eigenvalue weighted by Crippen LogP contribution is 2.05. The van der Waals surface area contributed by atoms with Crippen molar-refractivity contribution in [1.29, 1.82) is 0 Å². The van der Waals surface area contributed by atoms with Crippen molar-refractivity contribution in [3.05, 3.63) is 35.4 Å². The summed E-state index contributed by atoms with van der Waals surface area (Å²) in [6, 6.07) is 7.23. The highest BCUT2D eigenvalue weighted by molar-refractivity contribution is 6.02. The van der Waals surface area contributed by atoms with Gasteiger partial charge in [-0.15, -0.1) is 0 Å². The maximum Gasteiger partial charge on any atom is 0.169 e. The van der Waals surface area contributed by atoms with E-state index >= 15 is 0 Å². The van der Waals surface area contributed by atoms with Crippen LogP contribution in [0, 0.1) is 6.92 Å². The Morgan fingerprint density at radius 1 is 1.50 bits per heavy atom. The zero-order chi connectivity index (χ0) is 8.97. The second kappa shape index (κ2) is 3.81. The first kappa shape index (κ1) is 8.65. The van der Waals surface area contributed by atoms with Gasteiger partial charge in [0.15, 0.2) is 5.78 Å². The molecule has 0 saturated carbocycles. The molecular formula is C10H10O2. The molecule has 0 fully saturated rings. The lowest BCUT2D eigenvalue weighted by atomic mass is 10.1. The zero-order valence-electron chi connectivity index (χ0n) is 6.91. The van der Waals surface area contributed by atoms with Crippen molar-refractivity contribution in [3.8, 4) is 0 Å². The van der Waals surface area contributed by atoms with Crippen LogP contribution in [0.5, 0.6) is 0 Å². The van der Waals surface area contributed by atoms with Gasteiger partial charge in [0.2, 0.25) is 0 Å². The van der Waals surface area contributed by atoms with Crippen LogP contribution in [0.1, 0.15) is 22.3 Å². The van der Waals surface area contributed by atoms with Crippen LogP contribution in [-0.2, 0) is 4.79 Å². The maximum absolute atomic E-state index is 11.2. The smallest absolute Gasteiger partial charge is 0.169 e. The number of carbonyl (C=O) groups excluding carboxylic acids is 2. The number of rotatable bonds is 3. The lowest BCUT2D eigenvalue weighted by molar-refractivity contribution is -0.107. The average molecular weight is 162 g/mol. The fourth-order valence-electron chi connectivity index (χ4n) is 1.01. The molecule has 0 spiro atoms. The molecule has 0 unspecified atom stereocenters. The number of Topliss-reactive ketones (excluding diaryl/α,β-unsaturated/α-hetero) is 1. The molecule has 0 aliphatic carbocycles. The molecule has 1 aromatic rings. The Balaban J connectivity index is 2.87. The molecular weight excluding hydrogens is 152 g/mol. The number of hydrogen-bond acceptors (Lipinski definition) is 2. The fraction of sp³-hybridized carbons (Fsp3) is 0.200. The summed E-state index contributed by atoms with van der Waals surface area (Å²) in [5.74, 6) is -0.117. The lowest BCUT2D eigenvalue weighted by Gasteiger charge is -1.97. The topological polar surface area (TPSA) is 34.1 Å². The van der Waals surface area contributed by atoms with E-state index in [1.165, 1.54) is 0 Å². The van der Waals surface area contributed by atoms with Crippen molar-refractivity contribution in [2.45, 2.75) is 13.3 Å². The Morgan fingerprint density at radius 3 is 2.83 bits per heavy atom. The van der Waals surface area contributed by atoms with E-state index in [0.717, 1.165) is 5.56 Å². The monoisotopic (exact) mass is 162 g/mol. The van der Waals surface area contributed by atoms with Crippen molar-refractivity contribution < 1.29 is 9.59 Å². The minimum Gasteiger partial charge on any atom is -0.303 e. The van der Waals surface area contributed by atoms with Crippen LogP contribution in [-0.4, -0.2) is 12.1 Å². The predicted molar refractivity (Wildman–Crippen MR) is 46.2 cm³/mol. The van der Waals surface area contributed by atoms with Crippen molar-refractivity contribution >= 4 is 12.1 Å². The third-order valence-electron chi connectivity index (χ3n) is 1.61. The van der Waals surface area contributed by atoms with E-state index in [9.17, 15) is 9.59 Å². The summed E-state index contributed by atoms with van der Waals surface area (Å²) in [4.78, 5) is 21.2. The van der Waals surface area contributed by atoms with E-state index < -0.39 is 0 Å². The average Bonchev–Trinajstić information content (AvgIpc) is 2.05. The Labute approximate surface area is 71.2 Å². The molecule has 0 aliphatic rings. The summed E-state index contributed by atoms with van der Waals surface area (Å²) < 4.78 is 0. The normalized spacial score (nSPS) is 9.42. The number of hydrogen-bond donors (Lipinski definition) is 0. The van der Waals surface area contributed by atoms with E-state index in [2.05, 4.69) is 0 Å². The number of carbonyl (C=O) groups is 2. The van der Waals surface area contributed by atoms with Gasteiger partial charge in [0.1, 0.15) is 6.29 Å². The predicted octanol–water partition coefficient (Wildman–Crippen LogP) is 1.77. The van der Waals surface area contributed by atoms with Crippen LogP contribution in [0.3, 0.4) is 0 Å². The Kier molecular flexibility index (Phi) is 2.75. The lowest BCUT2D eigenvalue weighted by Crippen LogP contribution is -1.99. The molecule has 2 heteroatoms. The molecule has 0 aromatic heterocycles. The molecule has 1 rings (SSSR count). The summed E-state index contributed by atoms with van der Waals surface area (Å²) in [7, 11) is 0. The van der Waals surface area contributed by atoms with Crippen LogP contribution >= 0.6 is 0 Å². The molecule has 0 heterocycles. The van der Waals surface area contributed by atoms with E-state index in [0.29, 0.717) is 11.8 Å². The van der Waals surface area contributed by atoms with Crippen molar-refractivity contribution in [2.24, 2.45) is 0 Å². The van der Waals surface area contributed by atoms with Crippen LogP contribution < -0.4 is 0 Å². The molecule has 2 nitrogen and oxygen atoms in total. The van der Waals surface area contributed by atoms with Gasteiger partial charge in [0.25, 0.3) is 0 Å². The van der Waals surface area contributed by atoms with Gasteiger partial charge in [-0.3, -0.25) is 4.79 Å². The quantitative estimate of drug-likeness (QED) is 0.385. The van der Waals surface area contributed by atoms with Crippen LogP contribution in [0.2, 0.25) is 0 Å². The SMILES string of the molecule is Cc1cccc(C(=O)CC=O)c1. The second-order valence-electron chi connectivity index (χ2n) is 2.66. The second-order valence-corrected chi connectivity index (χ2v) is 2.66. The van der Waals surface area contributed by atoms with Crippen molar-refractivity contribution in [2.75, 3.05) is 0 Å². The van der Waals surface area contributed by atoms with Gasteiger partial charge in [-0.25, -0.2) is 0 Å². The molecule has 0 aliphatic heterocycles. The van der Waals surface area contributed by atoms with Gasteiger partial charge < -0.3 is 4.79 Å². The van der Waals surface area contributed by atoms with E-state index in [1.807, 2.05) is 19.1 Å². The molecule has 62 valence electrons. The van der Waals surface area contributed by atoms with E-state index in [4.69, 9.17) is 0 Å². The third kappa shape index (κ3) is 2.02. The Hall–Kier alpha value is -1.44. The van der Waals surface area contributed by atoms with Gasteiger partial charge >= 0.3 is 0 Å². The number of aryl methyl sites for hydroxylation is 1. The van der Waals surface area contributed by atoms with Crippen molar-refractivity contribution in [3.63, 3.8) is 0 Å². The third-order valence-corrected chi connectivity index (χ3v) is 1.61. The summed E-state index contributed by atoms with van der Waals surface area (Å²) in [6.07, 6.45) is 0.605. The fourth-order valence-corrected chi connectivity index (χ4v) is 1.01. The number of aldehydes is 1. The summed E-state index contributed by atoms with van der Waals surface area (Å²) in [5, 5.41) is 0. The minimum atomic E-state index is -0.117. The van der Waals surface area contributed by atoms with E-state index in [1.54, 1.807) is 12.1 Å². The highest BCUT2D eigenvalue weighted by Gasteiger charge is 2.03. The molecule has 0 saturated heterocycles. The van der Waals surface area contributed by atoms with E-state index in [-0.39, 0.29) is 12.2 Å². The Morgan fingerprint density at radius 2 is 2.25 bits per heavy atom. The first-order chi connectivity index (χ1) is 5.74. The molecule has 0 bridgehead atoms. The van der Waals surface area contributed by atoms with Gasteiger partial charge in [-0.05, 0) is 13.0 Å². The maximum atomic E-state index is 11.2. The van der Waals surface area contributed by atoms with Crippen LogP contribution in [0.25, 0.3) is 0 Å². The zero-order valence-corrected chi connectivity index (χ0v) is 6.91. The van der Waals surface area contributed by atoms with Crippen LogP contribution in [0.4, 0.5) is 0 Å². The molecule has 0 atom stereocenters. The highest BCUT2D eigenvalue weighted by atomic mass is 16.1. The molecule has 0 amide bonds. The first-order valence-corrected chi connectivity index (χ1v) is 3.77. The molecule has 1 aromatic carbocycles. The van der Waals surface area contributed by atoms with Gasteiger partial charge in [-0.1, -0.05) is 23.8 Å². The minimum absolute atomic E-state index is 0.0244. The largest absolute Gasteiger partial charge is 0.303 e. The van der Waals surface area contributed by atoms with Gasteiger partial charge in [0, 0.05) is 5.56 Å². The summed E-state index contributed by atoms with van der Waals surface area (Å²) in [5.41, 5.74) is 1.65. The molecule has 0 N–H and O–H groups in total. The molecule has 0 radical (unpaired) electrons. The van der Waals surface area contributed by atoms with Crippen LogP contribution in [0.15, 0.2) is 24.3 Å². The number of ketones is 1. The number of benzene rings is 1.